The number of fused-ring (bicyclic) bond motifs is 1. The van der Waals surface area contributed by atoms with Gasteiger partial charge in [-0.1, -0.05) is 60.7 Å². The van der Waals surface area contributed by atoms with Gasteiger partial charge in [0, 0.05) is 11.1 Å². The molecule has 4 aromatic carbocycles. The van der Waals surface area contributed by atoms with Gasteiger partial charge in [0.1, 0.15) is 11.8 Å². The number of nitrogen functional groups attached to an aromatic ring is 1. The van der Waals surface area contributed by atoms with Crippen LogP contribution in [0.25, 0.3) is 22.3 Å². The number of carbonyl (C=O) groups excluding carboxylic acids is 2. The Kier molecular flexibility index (Phi) is 5.77. The van der Waals surface area contributed by atoms with E-state index in [9.17, 15) is 14.9 Å². The minimum atomic E-state index is -0.675. The first kappa shape index (κ1) is 22.6. The third-order valence-corrected chi connectivity index (χ3v) is 6.03. The Morgan fingerprint density at radius 3 is 1.92 bits per heavy atom. The molecule has 0 aromatic heterocycles. The number of amides is 2. The molecule has 7 nitrogen and oxygen atoms in total. The Labute approximate surface area is 207 Å². The third-order valence-electron chi connectivity index (χ3n) is 6.03. The molecular formula is C29H20N4O3. The molecular weight excluding hydrogens is 452 g/mol. The van der Waals surface area contributed by atoms with Crippen LogP contribution in [0.5, 0.6) is 5.75 Å². The van der Waals surface area contributed by atoms with Gasteiger partial charge in [0.15, 0.2) is 0 Å². The number of hydrogen-bond acceptors (Lipinski definition) is 6. The number of benzene rings is 4. The first-order valence-corrected chi connectivity index (χ1v) is 11.1. The zero-order chi connectivity index (χ0) is 25.2. The fourth-order valence-corrected chi connectivity index (χ4v) is 4.33. The summed E-state index contributed by atoms with van der Waals surface area (Å²) in [6, 6.07) is 27.6. The van der Waals surface area contributed by atoms with Crippen LogP contribution >= 0.6 is 0 Å². The molecule has 0 spiro atoms. The van der Waals surface area contributed by atoms with Gasteiger partial charge in [-0.25, -0.2) is 0 Å². The molecule has 1 aliphatic rings. The molecule has 0 saturated carbocycles. The molecule has 5 rings (SSSR count). The van der Waals surface area contributed by atoms with E-state index in [2.05, 4.69) is 11.2 Å². The number of nitrogens with zero attached hydrogens (tertiary/aromatic N) is 3. The average Bonchev–Trinajstić information content (AvgIpc) is 3.18. The first-order chi connectivity index (χ1) is 17.5. The number of nitriles is 1. The third kappa shape index (κ3) is 3.67. The second-order valence-electron chi connectivity index (χ2n) is 8.07. The van der Waals surface area contributed by atoms with Gasteiger partial charge >= 0.3 is 0 Å². The van der Waals surface area contributed by atoms with Crippen molar-refractivity contribution >= 4 is 23.7 Å². The molecule has 0 saturated heterocycles. The topological polar surface area (TPSA) is 109 Å². The summed E-state index contributed by atoms with van der Waals surface area (Å²) in [7, 11) is 1.57. The van der Waals surface area contributed by atoms with Crippen LogP contribution in [0.2, 0.25) is 0 Å². The summed E-state index contributed by atoms with van der Waals surface area (Å²) in [5, 5.41) is 15.1. The van der Waals surface area contributed by atoms with Crippen molar-refractivity contribution < 1.29 is 14.3 Å². The van der Waals surface area contributed by atoms with Gasteiger partial charge in [-0.3, -0.25) is 9.59 Å². The summed E-state index contributed by atoms with van der Waals surface area (Å²) >= 11 is 0. The highest BCUT2D eigenvalue weighted by atomic mass is 16.5. The van der Waals surface area contributed by atoms with E-state index >= 15 is 0 Å². The molecule has 0 unspecified atom stereocenters. The maximum atomic E-state index is 13.7. The molecule has 0 fully saturated rings. The molecule has 2 amide bonds. The van der Waals surface area contributed by atoms with E-state index in [1.54, 1.807) is 31.4 Å². The molecule has 0 aliphatic carbocycles. The van der Waals surface area contributed by atoms with Crippen molar-refractivity contribution in [3.63, 3.8) is 0 Å². The average molecular weight is 473 g/mol. The number of imide groups is 1. The summed E-state index contributed by atoms with van der Waals surface area (Å²) in [5.41, 5.74) is 9.67. The quantitative estimate of drug-likeness (QED) is 0.247. The molecule has 4 aromatic rings. The second kappa shape index (κ2) is 9.20. The van der Waals surface area contributed by atoms with Crippen LogP contribution in [0, 0.1) is 11.3 Å². The molecule has 7 heteroatoms. The molecule has 0 radical (unpaired) electrons. The number of methoxy groups -OCH3 is 1. The minimum absolute atomic E-state index is 0.0121. The van der Waals surface area contributed by atoms with Crippen LogP contribution in [0.1, 0.15) is 31.8 Å². The van der Waals surface area contributed by atoms with Crippen molar-refractivity contribution in [2.75, 3.05) is 12.8 Å². The van der Waals surface area contributed by atoms with Crippen LogP contribution in [0.15, 0.2) is 90.0 Å². The second-order valence-corrected chi connectivity index (χ2v) is 8.07. The predicted octanol–water partition coefficient (Wildman–Crippen LogP) is 5.11. The van der Waals surface area contributed by atoms with Crippen LogP contribution in [0.4, 0.5) is 5.69 Å². The van der Waals surface area contributed by atoms with Crippen molar-refractivity contribution in [2.24, 2.45) is 5.10 Å². The van der Waals surface area contributed by atoms with Gasteiger partial charge in [0.2, 0.25) is 0 Å². The maximum absolute atomic E-state index is 13.7. The van der Waals surface area contributed by atoms with E-state index in [1.165, 1.54) is 6.21 Å². The number of nitrogens with two attached hydrogens (primary N) is 1. The van der Waals surface area contributed by atoms with Crippen molar-refractivity contribution in [3.05, 3.63) is 107 Å². The number of anilines is 1. The smallest absolute Gasteiger partial charge is 0.284 e. The molecule has 0 bridgehead atoms. The molecule has 0 atom stereocenters. The Bertz CT molecular complexity index is 1550. The van der Waals surface area contributed by atoms with Gasteiger partial charge < -0.3 is 10.5 Å². The van der Waals surface area contributed by atoms with Gasteiger partial charge in [-0.15, -0.1) is 0 Å². The highest BCUT2D eigenvalue weighted by Crippen LogP contribution is 2.45. The van der Waals surface area contributed by atoms with Crippen molar-refractivity contribution in [2.45, 2.75) is 0 Å². The normalized spacial score (nSPS) is 12.6. The highest BCUT2D eigenvalue weighted by molar-refractivity contribution is 6.28. The van der Waals surface area contributed by atoms with Crippen molar-refractivity contribution in [1.29, 1.82) is 5.26 Å². The number of hydrogen-bond donors (Lipinski definition) is 1. The summed E-state index contributed by atoms with van der Waals surface area (Å²) in [6.45, 7) is 0. The van der Waals surface area contributed by atoms with E-state index in [-0.39, 0.29) is 22.4 Å². The highest BCUT2D eigenvalue weighted by Gasteiger charge is 2.42. The van der Waals surface area contributed by atoms with Gasteiger partial charge in [0.25, 0.3) is 11.8 Å². The van der Waals surface area contributed by atoms with Gasteiger partial charge in [0.05, 0.1) is 35.7 Å². The van der Waals surface area contributed by atoms with E-state index in [4.69, 9.17) is 10.5 Å². The van der Waals surface area contributed by atoms with Crippen molar-refractivity contribution in [3.8, 4) is 34.1 Å². The Morgan fingerprint density at radius 1 is 0.806 bits per heavy atom. The summed E-state index contributed by atoms with van der Waals surface area (Å²) in [5.74, 6) is -0.608. The lowest BCUT2D eigenvalue weighted by Gasteiger charge is -2.17. The molecule has 2 N–H and O–H groups in total. The molecule has 36 heavy (non-hydrogen) atoms. The van der Waals surface area contributed by atoms with Crippen LogP contribution < -0.4 is 10.5 Å². The van der Waals surface area contributed by atoms with Crippen molar-refractivity contribution in [1.82, 2.24) is 5.01 Å². The summed E-state index contributed by atoms with van der Waals surface area (Å²) in [4.78, 5) is 27.1. The van der Waals surface area contributed by atoms with E-state index in [1.807, 2.05) is 60.7 Å². The largest absolute Gasteiger partial charge is 0.497 e. The zero-order valence-corrected chi connectivity index (χ0v) is 19.3. The lowest BCUT2D eigenvalue weighted by molar-refractivity contribution is 0.0660. The fraction of sp³-hybridized carbons (Fsp3) is 0.0345. The monoisotopic (exact) mass is 472 g/mol. The molecule has 174 valence electrons. The van der Waals surface area contributed by atoms with E-state index in [0.29, 0.717) is 33.6 Å². The van der Waals surface area contributed by atoms with Crippen LogP contribution in [0.3, 0.4) is 0 Å². The van der Waals surface area contributed by atoms with E-state index in [0.717, 1.165) is 5.01 Å². The van der Waals surface area contributed by atoms with E-state index < -0.39 is 11.8 Å². The summed E-state index contributed by atoms with van der Waals surface area (Å²) < 4.78 is 5.16. The van der Waals surface area contributed by atoms with Crippen LogP contribution in [-0.2, 0) is 0 Å². The molecule has 1 aliphatic heterocycles. The van der Waals surface area contributed by atoms with Gasteiger partial charge in [-0.05, 0) is 41.0 Å². The fourth-order valence-electron chi connectivity index (χ4n) is 4.33. The minimum Gasteiger partial charge on any atom is -0.497 e. The Hall–Kier alpha value is -5.22. The number of ether oxygens (including phenoxy) is 1. The lowest BCUT2D eigenvalue weighted by atomic mass is 9.84. The lowest BCUT2D eigenvalue weighted by Crippen LogP contribution is -2.24. The van der Waals surface area contributed by atoms with Gasteiger partial charge in [-0.2, -0.15) is 15.4 Å². The number of hydrazone groups is 1. The zero-order valence-electron chi connectivity index (χ0n) is 19.3. The number of carbonyl (C=O) groups is 2. The standard InChI is InChI=1S/C29H20N4O3/c1-36-21-14-12-18(13-15-21)17-32-33-28(34)25-24(20-10-6-3-7-11-20)23(19-8-4-2-5-9-19)22(16-30)27(31)26(25)29(33)35/h2-15,17H,31H2,1H3/b32-17+. The first-order valence-electron chi connectivity index (χ1n) is 11.1. The predicted molar refractivity (Wildman–Crippen MR) is 138 cm³/mol. The molecule has 1 heterocycles. The maximum Gasteiger partial charge on any atom is 0.284 e. The Morgan fingerprint density at radius 2 is 1.36 bits per heavy atom. The summed E-state index contributed by atoms with van der Waals surface area (Å²) in [6.07, 6.45) is 1.42. The van der Waals surface area contributed by atoms with Crippen LogP contribution in [-0.4, -0.2) is 30.1 Å². The number of rotatable bonds is 5. The SMILES string of the molecule is COc1ccc(/C=N/N2C(=O)c3c(N)c(C#N)c(-c4ccccc4)c(-c4ccccc4)c3C2=O)cc1. The Balaban J connectivity index is 1.73.